The average Bonchev–Trinajstić information content (AvgIpc) is 2.85. The lowest BCUT2D eigenvalue weighted by atomic mass is 10.2. The molecule has 2 aromatic heterocycles. The van der Waals surface area contributed by atoms with Crippen molar-refractivity contribution in [3.63, 3.8) is 0 Å². The van der Waals surface area contributed by atoms with E-state index in [1.54, 1.807) is 22.7 Å². The first-order valence-electron chi connectivity index (χ1n) is 4.19. The number of nitrogens with zero attached hydrogens (tertiary/aromatic N) is 1. The first-order chi connectivity index (χ1) is 7.29. The zero-order valence-corrected chi connectivity index (χ0v) is 10.8. The number of halogens is 1. The number of thiophene rings is 2. The van der Waals surface area contributed by atoms with E-state index in [0.29, 0.717) is 0 Å². The predicted molar refractivity (Wildman–Crippen MR) is 69.8 cm³/mol. The molecule has 0 aromatic carbocycles. The smallest absolute Gasteiger partial charge is 0.101 e. The molecule has 0 saturated carbocycles. The second-order valence-corrected chi connectivity index (χ2v) is 5.62. The van der Waals surface area contributed by atoms with E-state index >= 15 is 0 Å². The summed E-state index contributed by atoms with van der Waals surface area (Å²) in [6.07, 6.45) is 1.92. The van der Waals surface area contributed by atoms with Gasteiger partial charge in [-0.15, -0.1) is 22.7 Å². The van der Waals surface area contributed by atoms with Crippen LogP contribution in [0.25, 0.3) is 11.6 Å². The third-order valence-corrected chi connectivity index (χ3v) is 4.33. The summed E-state index contributed by atoms with van der Waals surface area (Å²) < 4.78 is 1.06. The van der Waals surface area contributed by atoms with Gasteiger partial charge in [-0.2, -0.15) is 5.26 Å². The highest BCUT2D eigenvalue weighted by molar-refractivity contribution is 9.10. The lowest BCUT2D eigenvalue weighted by molar-refractivity contribution is 1.54. The number of hydrogen-bond acceptors (Lipinski definition) is 3. The monoisotopic (exact) mass is 295 g/mol. The molecule has 0 radical (unpaired) electrons. The van der Waals surface area contributed by atoms with Gasteiger partial charge in [0.15, 0.2) is 0 Å². The molecule has 0 aliphatic carbocycles. The van der Waals surface area contributed by atoms with Crippen molar-refractivity contribution in [2.45, 2.75) is 0 Å². The van der Waals surface area contributed by atoms with Crippen LogP contribution in [0.3, 0.4) is 0 Å². The highest BCUT2D eigenvalue weighted by Crippen LogP contribution is 2.26. The fourth-order valence-electron chi connectivity index (χ4n) is 1.14. The van der Waals surface area contributed by atoms with Gasteiger partial charge < -0.3 is 0 Å². The van der Waals surface area contributed by atoms with Gasteiger partial charge in [-0.25, -0.2) is 0 Å². The molecule has 0 spiro atoms. The van der Waals surface area contributed by atoms with Crippen molar-refractivity contribution in [2.24, 2.45) is 0 Å². The minimum Gasteiger partial charge on any atom is -0.192 e. The Morgan fingerprint density at radius 3 is 2.87 bits per heavy atom. The molecule has 0 atom stereocenters. The van der Waals surface area contributed by atoms with Gasteiger partial charge in [-0.05, 0) is 39.5 Å². The van der Waals surface area contributed by atoms with Crippen LogP contribution in [0.1, 0.15) is 9.75 Å². The van der Waals surface area contributed by atoms with E-state index in [4.69, 9.17) is 5.26 Å². The van der Waals surface area contributed by atoms with E-state index in [9.17, 15) is 0 Å². The summed E-state index contributed by atoms with van der Waals surface area (Å²) in [5.41, 5.74) is 0.722. The van der Waals surface area contributed by atoms with Crippen molar-refractivity contribution in [3.05, 3.63) is 43.2 Å². The van der Waals surface area contributed by atoms with Crippen molar-refractivity contribution in [1.82, 2.24) is 0 Å². The Kier molecular flexibility index (Phi) is 3.37. The molecule has 2 aromatic rings. The van der Waals surface area contributed by atoms with Gasteiger partial charge in [0.1, 0.15) is 6.07 Å². The largest absolute Gasteiger partial charge is 0.192 e. The molecule has 74 valence electrons. The zero-order valence-electron chi connectivity index (χ0n) is 7.61. The van der Waals surface area contributed by atoms with Crippen molar-refractivity contribution < 1.29 is 0 Å². The van der Waals surface area contributed by atoms with Crippen LogP contribution in [0, 0.1) is 11.3 Å². The summed E-state index contributed by atoms with van der Waals surface area (Å²) in [6, 6.07) is 8.15. The molecule has 4 heteroatoms. The highest BCUT2D eigenvalue weighted by Gasteiger charge is 2.02. The molecule has 0 fully saturated rings. The van der Waals surface area contributed by atoms with E-state index in [0.717, 1.165) is 19.8 Å². The number of rotatable bonds is 2. The van der Waals surface area contributed by atoms with Crippen LogP contribution in [0.4, 0.5) is 0 Å². The van der Waals surface area contributed by atoms with Crippen LogP contribution in [0.2, 0.25) is 0 Å². The number of nitriles is 1. The first kappa shape index (κ1) is 10.6. The van der Waals surface area contributed by atoms with Crippen LogP contribution in [-0.2, 0) is 0 Å². The molecule has 0 unspecified atom stereocenters. The second kappa shape index (κ2) is 4.75. The van der Waals surface area contributed by atoms with E-state index in [-0.39, 0.29) is 0 Å². The first-order valence-corrected chi connectivity index (χ1v) is 6.74. The standard InChI is InChI=1S/C11H6BrNS2/c12-9-5-10(15-7-9)4-8(6-13)11-2-1-3-14-11/h1-5,7H. The van der Waals surface area contributed by atoms with Gasteiger partial charge in [0.25, 0.3) is 0 Å². The summed E-state index contributed by atoms with van der Waals surface area (Å²) >= 11 is 6.60. The molecular formula is C11H6BrNS2. The quantitative estimate of drug-likeness (QED) is 0.741. The SMILES string of the molecule is N#CC(=Cc1cc(Br)cs1)c1cccs1. The lowest BCUT2D eigenvalue weighted by Gasteiger charge is -1.91. The highest BCUT2D eigenvalue weighted by atomic mass is 79.9. The van der Waals surface area contributed by atoms with Crippen LogP contribution in [0.15, 0.2) is 33.4 Å². The maximum absolute atomic E-state index is 9.05. The second-order valence-electron chi connectivity index (χ2n) is 2.81. The maximum atomic E-state index is 9.05. The molecule has 1 nitrogen and oxygen atoms in total. The Morgan fingerprint density at radius 2 is 2.33 bits per heavy atom. The zero-order chi connectivity index (χ0) is 10.7. The normalized spacial score (nSPS) is 11.3. The summed E-state index contributed by atoms with van der Waals surface area (Å²) in [7, 11) is 0. The Balaban J connectivity index is 2.36. The Bertz CT molecular complexity index is 517. The van der Waals surface area contributed by atoms with Crippen LogP contribution < -0.4 is 0 Å². The van der Waals surface area contributed by atoms with E-state index in [1.165, 1.54) is 0 Å². The van der Waals surface area contributed by atoms with Crippen LogP contribution in [-0.4, -0.2) is 0 Å². The van der Waals surface area contributed by atoms with E-state index in [1.807, 2.05) is 35.0 Å². The van der Waals surface area contributed by atoms with Gasteiger partial charge in [0.2, 0.25) is 0 Å². The lowest BCUT2D eigenvalue weighted by Crippen LogP contribution is -1.72. The van der Waals surface area contributed by atoms with Gasteiger partial charge >= 0.3 is 0 Å². The molecule has 0 aliphatic heterocycles. The van der Waals surface area contributed by atoms with Gasteiger partial charge in [0.05, 0.1) is 5.57 Å². The Morgan fingerprint density at radius 1 is 1.47 bits per heavy atom. The van der Waals surface area contributed by atoms with Gasteiger partial charge in [-0.1, -0.05) is 6.07 Å². The van der Waals surface area contributed by atoms with Crippen LogP contribution >= 0.6 is 38.6 Å². The third kappa shape index (κ3) is 2.57. The summed E-state index contributed by atoms with van der Waals surface area (Å²) in [5.74, 6) is 0. The van der Waals surface area contributed by atoms with E-state index < -0.39 is 0 Å². The molecule has 2 heterocycles. The molecule has 0 amide bonds. The minimum absolute atomic E-state index is 0.722. The van der Waals surface area contributed by atoms with Gasteiger partial charge in [0, 0.05) is 19.6 Å². The molecule has 0 N–H and O–H groups in total. The van der Waals surface area contributed by atoms with Gasteiger partial charge in [-0.3, -0.25) is 0 Å². The van der Waals surface area contributed by atoms with Crippen molar-refractivity contribution in [3.8, 4) is 6.07 Å². The van der Waals surface area contributed by atoms with Crippen molar-refractivity contribution >= 4 is 50.3 Å². The molecule has 2 rings (SSSR count). The van der Waals surface area contributed by atoms with E-state index in [2.05, 4.69) is 22.0 Å². The van der Waals surface area contributed by atoms with Crippen LogP contribution in [0.5, 0.6) is 0 Å². The fourth-order valence-corrected chi connectivity index (χ4v) is 3.21. The third-order valence-electron chi connectivity index (χ3n) is 1.78. The number of allylic oxidation sites excluding steroid dienone is 1. The molecule has 15 heavy (non-hydrogen) atoms. The number of hydrogen-bond donors (Lipinski definition) is 0. The minimum atomic E-state index is 0.722. The molecule has 0 aliphatic rings. The fraction of sp³-hybridized carbons (Fsp3) is 0. The summed E-state index contributed by atoms with van der Waals surface area (Å²) in [6.45, 7) is 0. The molecule has 0 saturated heterocycles. The Hall–Kier alpha value is -0.890. The Labute approximate surface area is 104 Å². The average molecular weight is 296 g/mol. The predicted octanol–water partition coefficient (Wildman–Crippen LogP) is 4.64. The summed E-state index contributed by atoms with van der Waals surface area (Å²) in [4.78, 5) is 2.11. The van der Waals surface area contributed by atoms with Crippen molar-refractivity contribution in [1.29, 1.82) is 5.26 Å². The van der Waals surface area contributed by atoms with Crippen molar-refractivity contribution in [2.75, 3.05) is 0 Å². The molecular weight excluding hydrogens is 290 g/mol. The maximum Gasteiger partial charge on any atom is 0.101 e. The summed E-state index contributed by atoms with van der Waals surface area (Å²) in [5, 5.41) is 13.0. The molecule has 0 bridgehead atoms. The topological polar surface area (TPSA) is 23.8 Å².